The summed E-state index contributed by atoms with van der Waals surface area (Å²) in [5, 5.41) is 13.8. The predicted molar refractivity (Wildman–Crippen MR) is 90.4 cm³/mol. The summed E-state index contributed by atoms with van der Waals surface area (Å²) in [6.45, 7) is 3.68. The van der Waals surface area contributed by atoms with Crippen molar-refractivity contribution in [1.29, 1.82) is 0 Å². The topological polar surface area (TPSA) is 83.6 Å². The zero-order chi connectivity index (χ0) is 17.1. The summed E-state index contributed by atoms with van der Waals surface area (Å²) in [5.74, 6) is 0.694. The summed E-state index contributed by atoms with van der Waals surface area (Å²) in [6.07, 6.45) is 2.37. The third-order valence-corrected chi connectivity index (χ3v) is 8.61. The molecule has 0 aliphatic carbocycles. The maximum Gasteiger partial charge on any atom is 0.253 e. The fraction of sp³-hybridized carbons (Fsp3) is 0.562. The largest absolute Gasteiger partial charge is 0.393 e. The summed E-state index contributed by atoms with van der Waals surface area (Å²) in [4.78, 5) is 0.856. The molecule has 3 atom stereocenters. The van der Waals surface area contributed by atoms with Crippen LogP contribution < -0.4 is 0 Å². The van der Waals surface area contributed by atoms with Gasteiger partial charge in [-0.2, -0.15) is 4.31 Å². The molecule has 2 saturated heterocycles. The number of aromatic nitrogens is 1. The van der Waals surface area contributed by atoms with Crippen molar-refractivity contribution in [1.82, 2.24) is 9.46 Å². The Morgan fingerprint density at radius 2 is 1.92 bits per heavy atom. The van der Waals surface area contributed by atoms with E-state index in [2.05, 4.69) is 5.16 Å². The van der Waals surface area contributed by atoms with Gasteiger partial charge in [-0.15, -0.1) is 11.3 Å². The SMILES string of the molecule is Cc1noc(C)c1-c1ccc(S(=O)(=O)N2[C@@H]3CC[C@H]2CC(O)C3)s1. The number of hydrogen-bond donors (Lipinski definition) is 1. The van der Waals surface area contributed by atoms with Crippen LogP contribution in [0.25, 0.3) is 10.4 Å². The number of sulfonamides is 1. The molecule has 130 valence electrons. The lowest BCUT2D eigenvalue weighted by Gasteiger charge is -2.35. The molecule has 2 aliphatic heterocycles. The molecule has 0 aromatic carbocycles. The van der Waals surface area contributed by atoms with Crippen LogP contribution in [0.3, 0.4) is 0 Å². The maximum absolute atomic E-state index is 13.1. The highest BCUT2D eigenvalue weighted by Crippen LogP contribution is 2.42. The van der Waals surface area contributed by atoms with Crippen molar-refractivity contribution >= 4 is 21.4 Å². The van der Waals surface area contributed by atoms with E-state index in [1.54, 1.807) is 10.4 Å². The molecule has 0 saturated carbocycles. The van der Waals surface area contributed by atoms with E-state index in [9.17, 15) is 13.5 Å². The smallest absolute Gasteiger partial charge is 0.253 e. The average molecular weight is 368 g/mol. The second kappa shape index (κ2) is 5.66. The first-order valence-electron chi connectivity index (χ1n) is 8.12. The summed E-state index contributed by atoms with van der Waals surface area (Å²) in [7, 11) is -3.53. The van der Waals surface area contributed by atoms with Gasteiger partial charge in [0.2, 0.25) is 0 Å². The highest BCUT2D eigenvalue weighted by Gasteiger charge is 2.47. The number of aryl methyl sites for hydroxylation is 2. The molecule has 8 heteroatoms. The van der Waals surface area contributed by atoms with E-state index in [-0.39, 0.29) is 18.2 Å². The number of piperidine rings is 1. The van der Waals surface area contributed by atoms with Gasteiger partial charge in [-0.1, -0.05) is 5.16 Å². The Balaban J connectivity index is 1.69. The van der Waals surface area contributed by atoms with Crippen molar-refractivity contribution in [3.05, 3.63) is 23.6 Å². The molecule has 1 N–H and O–H groups in total. The molecular weight excluding hydrogens is 348 g/mol. The minimum Gasteiger partial charge on any atom is -0.393 e. The number of aliphatic hydroxyl groups excluding tert-OH is 1. The van der Waals surface area contributed by atoms with Crippen molar-refractivity contribution in [3.8, 4) is 10.4 Å². The Kier molecular flexibility index (Phi) is 3.83. The van der Waals surface area contributed by atoms with Gasteiger partial charge in [0.25, 0.3) is 10.0 Å². The van der Waals surface area contributed by atoms with Crippen LogP contribution in [0.1, 0.15) is 37.1 Å². The van der Waals surface area contributed by atoms with E-state index in [1.807, 2.05) is 19.9 Å². The van der Waals surface area contributed by atoms with Crippen molar-refractivity contribution in [2.75, 3.05) is 0 Å². The second-order valence-corrected chi connectivity index (χ2v) is 9.82. The molecule has 1 unspecified atom stereocenters. The number of nitrogens with zero attached hydrogens (tertiary/aromatic N) is 2. The fourth-order valence-corrected chi connectivity index (χ4v) is 7.48. The number of rotatable bonds is 3. The molecule has 2 aliphatic rings. The third-order valence-electron chi connectivity index (χ3n) is 5.03. The summed E-state index contributed by atoms with van der Waals surface area (Å²) >= 11 is 1.26. The van der Waals surface area contributed by atoms with E-state index in [1.165, 1.54) is 11.3 Å². The maximum atomic E-state index is 13.1. The molecular formula is C16H20N2O4S2. The fourth-order valence-electron chi connectivity index (χ4n) is 4.03. The molecule has 0 amide bonds. The molecule has 2 fully saturated rings. The van der Waals surface area contributed by atoms with Crippen LogP contribution in [0.2, 0.25) is 0 Å². The van der Waals surface area contributed by atoms with E-state index in [0.29, 0.717) is 22.8 Å². The van der Waals surface area contributed by atoms with Crippen LogP contribution in [-0.2, 0) is 10.0 Å². The number of fused-ring (bicyclic) bond motifs is 2. The predicted octanol–water partition coefficient (Wildman–Crippen LogP) is 2.70. The van der Waals surface area contributed by atoms with Gasteiger partial charge in [0.15, 0.2) is 0 Å². The summed E-state index contributed by atoms with van der Waals surface area (Å²) in [6, 6.07) is 3.35. The van der Waals surface area contributed by atoms with Crippen LogP contribution in [0.4, 0.5) is 0 Å². The zero-order valence-corrected chi connectivity index (χ0v) is 15.2. The van der Waals surface area contributed by atoms with E-state index < -0.39 is 10.0 Å². The highest BCUT2D eigenvalue weighted by atomic mass is 32.2. The van der Waals surface area contributed by atoms with Gasteiger partial charge < -0.3 is 9.63 Å². The summed E-state index contributed by atoms with van der Waals surface area (Å²) < 4.78 is 33.4. The van der Waals surface area contributed by atoms with E-state index in [0.717, 1.165) is 29.0 Å². The molecule has 4 heterocycles. The van der Waals surface area contributed by atoms with Gasteiger partial charge in [0, 0.05) is 17.0 Å². The van der Waals surface area contributed by atoms with Crippen LogP contribution in [0.15, 0.2) is 20.9 Å². The summed E-state index contributed by atoms with van der Waals surface area (Å²) in [5.41, 5.74) is 1.64. The highest BCUT2D eigenvalue weighted by molar-refractivity contribution is 7.91. The Labute approximate surface area is 145 Å². The Hall–Kier alpha value is -1.22. The van der Waals surface area contributed by atoms with Crippen LogP contribution >= 0.6 is 11.3 Å². The molecule has 2 bridgehead atoms. The Morgan fingerprint density at radius 1 is 1.25 bits per heavy atom. The quantitative estimate of drug-likeness (QED) is 0.900. The van der Waals surface area contributed by atoms with Crippen molar-refractivity contribution in [2.45, 2.75) is 61.9 Å². The zero-order valence-electron chi connectivity index (χ0n) is 13.6. The first kappa shape index (κ1) is 16.3. The van der Waals surface area contributed by atoms with Crippen LogP contribution in [0.5, 0.6) is 0 Å². The lowest BCUT2D eigenvalue weighted by molar-refractivity contribution is 0.0769. The number of thiophene rings is 1. The van der Waals surface area contributed by atoms with Gasteiger partial charge in [-0.25, -0.2) is 8.42 Å². The van der Waals surface area contributed by atoms with Gasteiger partial charge in [-0.3, -0.25) is 0 Å². The Morgan fingerprint density at radius 3 is 2.50 bits per heavy atom. The lowest BCUT2D eigenvalue weighted by atomic mass is 10.0. The Bertz CT molecular complexity index is 837. The van der Waals surface area contributed by atoms with Crippen molar-refractivity contribution in [2.24, 2.45) is 0 Å². The van der Waals surface area contributed by atoms with E-state index in [4.69, 9.17) is 4.52 Å². The van der Waals surface area contributed by atoms with Crippen LogP contribution in [0, 0.1) is 13.8 Å². The first-order valence-corrected chi connectivity index (χ1v) is 10.4. The van der Waals surface area contributed by atoms with Crippen LogP contribution in [-0.4, -0.2) is 41.2 Å². The average Bonchev–Trinajstić information content (AvgIpc) is 3.18. The van der Waals surface area contributed by atoms with Gasteiger partial charge in [-0.05, 0) is 51.7 Å². The van der Waals surface area contributed by atoms with Crippen molar-refractivity contribution < 1.29 is 18.0 Å². The number of hydrogen-bond acceptors (Lipinski definition) is 6. The number of aliphatic hydroxyl groups is 1. The molecule has 2 aromatic rings. The van der Waals surface area contributed by atoms with Gasteiger partial charge in [0.1, 0.15) is 9.97 Å². The first-order chi connectivity index (χ1) is 11.4. The second-order valence-electron chi connectivity index (χ2n) is 6.66. The molecule has 4 rings (SSSR count). The lowest BCUT2D eigenvalue weighted by Crippen LogP contribution is -2.47. The molecule has 0 radical (unpaired) electrons. The van der Waals surface area contributed by atoms with Crippen molar-refractivity contribution in [3.63, 3.8) is 0 Å². The third kappa shape index (κ3) is 2.44. The van der Waals surface area contributed by atoms with Gasteiger partial charge in [0.05, 0.1) is 17.4 Å². The molecule has 6 nitrogen and oxygen atoms in total. The minimum atomic E-state index is -3.53. The molecule has 24 heavy (non-hydrogen) atoms. The normalized spacial score (nSPS) is 27.7. The van der Waals surface area contributed by atoms with Gasteiger partial charge >= 0.3 is 0 Å². The monoisotopic (exact) mass is 368 g/mol. The molecule has 0 spiro atoms. The standard InChI is InChI=1S/C16H20N2O4S2/c1-9-16(10(2)22-17-9)14-5-6-15(23-14)24(20,21)18-11-3-4-12(18)8-13(19)7-11/h5-6,11-13,19H,3-4,7-8H2,1-2H3/t11-,12+,13?. The van der Waals surface area contributed by atoms with E-state index >= 15 is 0 Å². The minimum absolute atomic E-state index is 0.0756. The molecule has 2 aromatic heterocycles.